The number of nitrogens with two attached hydrogens (primary N) is 1. The Kier molecular flexibility index (Phi) is 36.9. The fourth-order valence-electron chi connectivity index (χ4n) is 6.06. The predicted molar refractivity (Wildman–Crippen MR) is 217 cm³/mol. The number of allylic oxidation sites excluding steroid dienone is 2. The molecule has 0 aromatic rings. The van der Waals surface area contributed by atoms with Crippen molar-refractivity contribution in [2.75, 3.05) is 19.8 Å². The highest BCUT2D eigenvalue weighted by molar-refractivity contribution is 7.47. The molecule has 3 atom stereocenters. The van der Waals surface area contributed by atoms with Gasteiger partial charge in [0.05, 0.1) is 13.2 Å². The van der Waals surface area contributed by atoms with Crippen molar-refractivity contribution in [3.05, 3.63) is 12.2 Å². The molecular weight excluding hydrogens is 709 g/mol. The Hall–Kier alpha value is -1.78. The minimum atomic E-state index is -4.71. The first-order valence-electron chi connectivity index (χ1n) is 21.7. The van der Waals surface area contributed by atoms with Crippen molar-refractivity contribution in [3.8, 4) is 0 Å². The number of carboxylic acids is 1. The maximum Gasteiger partial charge on any atom is 0.472 e. The molecule has 0 amide bonds. The van der Waals surface area contributed by atoms with Crippen LogP contribution in [0.25, 0.3) is 0 Å². The van der Waals surface area contributed by atoms with E-state index in [1.807, 2.05) is 0 Å². The van der Waals surface area contributed by atoms with Gasteiger partial charge in [-0.25, -0.2) is 4.57 Å². The third-order valence-electron chi connectivity index (χ3n) is 9.51. The van der Waals surface area contributed by atoms with Crippen molar-refractivity contribution < 1.29 is 47.5 Å². The number of rotatable bonds is 41. The van der Waals surface area contributed by atoms with E-state index >= 15 is 0 Å². The van der Waals surface area contributed by atoms with Crippen LogP contribution in [-0.2, 0) is 37.5 Å². The Morgan fingerprint density at radius 2 is 0.926 bits per heavy atom. The second-order valence-corrected chi connectivity index (χ2v) is 16.3. The summed E-state index contributed by atoms with van der Waals surface area (Å²) in [6.07, 6.45) is 37.0. The second-order valence-electron chi connectivity index (χ2n) is 14.8. The molecule has 0 radical (unpaired) electrons. The molecule has 1 unspecified atom stereocenters. The number of esters is 2. The summed E-state index contributed by atoms with van der Waals surface area (Å²) in [5, 5.41) is 8.88. The van der Waals surface area contributed by atoms with Gasteiger partial charge in [0.1, 0.15) is 12.6 Å². The number of carbonyl (C=O) groups is 3. The van der Waals surface area contributed by atoms with Gasteiger partial charge >= 0.3 is 25.7 Å². The molecule has 54 heavy (non-hydrogen) atoms. The average Bonchev–Trinajstić information content (AvgIpc) is 3.14. The fourth-order valence-corrected chi connectivity index (χ4v) is 6.84. The molecular formula is C42H80NO10P. The molecule has 4 N–H and O–H groups in total. The first-order chi connectivity index (χ1) is 26.1. The molecule has 0 aromatic heterocycles. The number of hydrogen-bond donors (Lipinski definition) is 3. The van der Waals surface area contributed by atoms with Crippen molar-refractivity contribution >= 4 is 25.7 Å². The zero-order valence-electron chi connectivity index (χ0n) is 34.3. The van der Waals surface area contributed by atoms with Crippen molar-refractivity contribution in [3.63, 3.8) is 0 Å². The van der Waals surface area contributed by atoms with E-state index in [0.29, 0.717) is 12.8 Å². The van der Waals surface area contributed by atoms with E-state index in [1.165, 1.54) is 109 Å². The molecule has 0 aliphatic carbocycles. The summed E-state index contributed by atoms with van der Waals surface area (Å²) >= 11 is 0. The zero-order chi connectivity index (χ0) is 40.0. The van der Waals surface area contributed by atoms with E-state index in [1.54, 1.807) is 0 Å². The van der Waals surface area contributed by atoms with Gasteiger partial charge in [-0.1, -0.05) is 167 Å². The first kappa shape index (κ1) is 52.2. The van der Waals surface area contributed by atoms with Gasteiger partial charge in [-0.15, -0.1) is 0 Å². The molecule has 0 aromatic carbocycles. The molecule has 318 valence electrons. The highest BCUT2D eigenvalue weighted by Gasteiger charge is 2.28. The molecule has 0 heterocycles. The van der Waals surface area contributed by atoms with Crippen molar-refractivity contribution in [1.82, 2.24) is 0 Å². The van der Waals surface area contributed by atoms with Gasteiger partial charge in [0.2, 0.25) is 0 Å². The Morgan fingerprint density at radius 1 is 0.556 bits per heavy atom. The molecule has 0 spiro atoms. The van der Waals surface area contributed by atoms with Crippen LogP contribution >= 0.6 is 7.82 Å². The van der Waals surface area contributed by atoms with Crippen molar-refractivity contribution in [2.24, 2.45) is 5.73 Å². The maximum absolute atomic E-state index is 12.6. The lowest BCUT2D eigenvalue weighted by molar-refractivity contribution is -0.161. The lowest BCUT2D eigenvalue weighted by Crippen LogP contribution is -2.34. The quantitative estimate of drug-likeness (QED) is 0.0233. The maximum atomic E-state index is 12.6. The number of phosphoric ester groups is 1. The minimum Gasteiger partial charge on any atom is -0.480 e. The molecule has 12 heteroatoms. The van der Waals surface area contributed by atoms with Gasteiger partial charge in [0.15, 0.2) is 6.10 Å². The molecule has 0 saturated carbocycles. The van der Waals surface area contributed by atoms with Crippen LogP contribution in [0, 0.1) is 0 Å². The summed E-state index contributed by atoms with van der Waals surface area (Å²) in [4.78, 5) is 45.9. The van der Waals surface area contributed by atoms with E-state index in [0.717, 1.165) is 57.8 Å². The third kappa shape index (κ3) is 37.2. The Balaban J connectivity index is 4.33. The summed E-state index contributed by atoms with van der Waals surface area (Å²) < 4.78 is 32.7. The van der Waals surface area contributed by atoms with Crippen LogP contribution in [0.3, 0.4) is 0 Å². The Bertz CT molecular complexity index is 979. The van der Waals surface area contributed by atoms with Crippen LogP contribution in [0.1, 0.15) is 206 Å². The number of carbonyl (C=O) groups excluding carboxylic acids is 2. The lowest BCUT2D eigenvalue weighted by Gasteiger charge is -2.20. The Morgan fingerprint density at radius 3 is 1.37 bits per heavy atom. The van der Waals surface area contributed by atoms with E-state index in [9.17, 15) is 23.8 Å². The molecule has 0 aliphatic heterocycles. The molecule has 0 fully saturated rings. The number of phosphoric acid groups is 1. The number of carboxylic acid groups (broad SMARTS) is 1. The SMILES string of the molecule is CCCCCC/C=C\CCCCCCCC(=O)OC[C@H](COP(=O)(O)OC[C@H](N)C(=O)O)OC(=O)CCCCCCCCCCCCCCCCCCC. The van der Waals surface area contributed by atoms with Gasteiger partial charge < -0.3 is 25.2 Å². The molecule has 0 aliphatic rings. The smallest absolute Gasteiger partial charge is 0.472 e. The van der Waals surface area contributed by atoms with Crippen LogP contribution in [0.2, 0.25) is 0 Å². The topological polar surface area (TPSA) is 172 Å². The van der Waals surface area contributed by atoms with Crippen LogP contribution in [0.5, 0.6) is 0 Å². The third-order valence-corrected chi connectivity index (χ3v) is 10.5. The predicted octanol–water partition coefficient (Wildman–Crippen LogP) is 11.3. The van der Waals surface area contributed by atoms with Gasteiger partial charge in [0.25, 0.3) is 0 Å². The van der Waals surface area contributed by atoms with E-state index in [2.05, 4.69) is 30.5 Å². The zero-order valence-corrected chi connectivity index (χ0v) is 35.2. The standard InChI is InChI=1S/C42H80NO10P/c1-3-5-7-9-11-13-15-17-18-19-20-22-24-26-28-30-32-34-41(45)53-38(36-51-54(48,49)52-37-39(43)42(46)47)35-50-40(44)33-31-29-27-25-23-21-16-14-12-10-8-6-4-2/h14,16,38-39H,3-13,15,17-37,43H2,1-2H3,(H,46,47)(H,48,49)/b16-14-/t38-,39+/m1/s1. The van der Waals surface area contributed by atoms with Gasteiger partial charge in [0, 0.05) is 12.8 Å². The van der Waals surface area contributed by atoms with Gasteiger partial charge in [-0.3, -0.25) is 23.4 Å². The monoisotopic (exact) mass is 790 g/mol. The van der Waals surface area contributed by atoms with E-state index in [4.69, 9.17) is 24.8 Å². The molecule has 0 saturated heterocycles. The van der Waals surface area contributed by atoms with Gasteiger partial charge in [-0.05, 0) is 38.5 Å². The van der Waals surface area contributed by atoms with E-state index < -0.39 is 51.1 Å². The normalized spacial score (nSPS) is 13.9. The van der Waals surface area contributed by atoms with Crippen molar-refractivity contribution in [1.29, 1.82) is 0 Å². The van der Waals surface area contributed by atoms with E-state index in [-0.39, 0.29) is 19.4 Å². The largest absolute Gasteiger partial charge is 0.480 e. The van der Waals surface area contributed by atoms with Crippen molar-refractivity contribution in [2.45, 2.75) is 219 Å². The summed E-state index contributed by atoms with van der Waals surface area (Å²) in [5.74, 6) is -2.38. The molecule has 11 nitrogen and oxygen atoms in total. The van der Waals surface area contributed by atoms with Crippen LogP contribution in [0.4, 0.5) is 0 Å². The van der Waals surface area contributed by atoms with Crippen LogP contribution in [0.15, 0.2) is 12.2 Å². The lowest BCUT2D eigenvalue weighted by atomic mass is 10.0. The van der Waals surface area contributed by atoms with Gasteiger partial charge in [-0.2, -0.15) is 0 Å². The van der Waals surface area contributed by atoms with Crippen LogP contribution < -0.4 is 5.73 Å². The average molecular weight is 790 g/mol. The summed E-state index contributed by atoms with van der Waals surface area (Å²) in [5.41, 5.74) is 5.33. The summed E-state index contributed by atoms with van der Waals surface area (Å²) in [7, 11) is -4.71. The number of ether oxygens (including phenoxy) is 2. The molecule has 0 rings (SSSR count). The minimum absolute atomic E-state index is 0.165. The highest BCUT2D eigenvalue weighted by atomic mass is 31.2. The fraction of sp³-hybridized carbons (Fsp3) is 0.881. The first-order valence-corrected chi connectivity index (χ1v) is 23.2. The van der Waals surface area contributed by atoms with Crippen LogP contribution in [-0.4, -0.2) is 59.9 Å². The number of unbranched alkanes of at least 4 members (excludes halogenated alkanes) is 25. The number of aliphatic carboxylic acids is 1. The summed E-state index contributed by atoms with van der Waals surface area (Å²) in [6, 6.07) is -1.52. The highest BCUT2D eigenvalue weighted by Crippen LogP contribution is 2.43. The molecule has 0 bridgehead atoms. The summed E-state index contributed by atoms with van der Waals surface area (Å²) in [6.45, 7) is 2.80. The number of hydrogen-bond acceptors (Lipinski definition) is 9. The Labute approximate surface area is 328 Å². The second kappa shape index (κ2) is 38.1.